The van der Waals surface area contributed by atoms with Crippen molar-refractivity contribution in [1.29, 1.82) is 0 Å². The van der Waals surface area contributed by atoms with Gasteiger partial charge in [-0.05, 0) is 25.2 Å². The first-order valence-corrected chi connectivity index (χ1v) is 5.91. The van der Waals surface area contributed by atoms with Crippen molar-refractivity contribution in [1.82, 2.24) is 0 Å². The van der Waals surface area contributed by atoms with E-state index < -0.39 is 0 Å². The normalized spacial score (nSPS) is 35.5. The van der Waals surface area contributed by atoms with Crippen LogP contribution in [0.15, 0.2) is 0 Å². The first-order valence-electron chi connectivity index (χ1n) is 5.91. The summed E-state index contributed by atoms with van der Waals surface area (Å²) in [6, 6.07) is 0. The van der Waals surface area contributed by atoms with E-state index in [0.717, 1.165) is 25.2 Å². The molecular weight excluding hydrogens is 192 g/mol. The second-order valence-corrected chi connectivity index (χ2v) is 4.84. The van der Waals surface area contributed by atoms with E-state index in [1.807, 2.05) is 0 Å². The Bertz CT molecular complexity index is 227. The molecule has 2 aliphatic rings. The average molecular weight is 212 g/mol. The number of ether oxygens (including phenoxy) is 2. The van der Waals surface area contributed by atoms with Gasteiger partial charge in [-0.1, -0.05) is 12.8 Å². The lowest BCUT2D eigenvalue weighted by Crippen LogP contribution is -2.38. The van der Waals surface area contributed by atoms with Crippen molar-refractivity contribution in [3.8, 4) is 0 Å². The van der Waals surface area contributed by atoms with Gasteiger partial charge in [0.05, 0.1) is 6.61 Å². The second-order valence-electron chi connectivity index (χ2n) is 4.84. The molecule has 0 aliphatic heterocycles. The molecule has 0 saturated heterocycles. The molecule has 0 aromatic carbocycles. The van der Waals surface area contributed by atoms with Crippen LogP contribution in [0.4, 0.5) is 0 Å². The molecule has 2 aliphatic carbocycles. The van der Waals surface area contributed by atoms with Crippen LogP contribution in [-0.4, -0.2) is 26.3 Å². The molecule has 2 bridgehead atoms. The van der Waals surface area contributed by atoms with Crippen LogP contribution < -0.4 is 0 Å². The van der Waals surface area contributed by atoms with Crippen molar-refractivity contribution in [2.75, 3.05) is 20.5 Å². The lowest BCUT2D eigenvalue weighted by molar-refractivity contribution is -0.137. The maximum absolute atomic E-state index is 12.0. The summed E-state index contributed by atoms with van der Waals surface area (Å²) in [5, 5.41) is 0. The van der Waals surface area contributed by atoms with E-state index in [2.05, 4.69) is 0 Å². The summed E-state index contributed by atoms with van der Waals surface area (Å²) in [5.41, 5.74) is 0. The van der Waals surface area contributed by atoms with E-state index >= 15 is 0 Å². The molecule has 0 aromatic rings. The minimum atomic E-state index is 0.143. The Morgan fingerprint density at radius 3 is 3.00 bits per heavy atom. The summed E-state index contributed by atoms with van der Waals surface area (Å²) in [5.74, 6) is 1.71. The van der Waals surface area contributed by atoms with Gasteiger partial charge in [-0.3, -0.25) is 4.79 Å². The SMILES string of the molecule is COCOCC1CC2CCCC(C2)C1=O. The van der Waals surface area contributed by atoms with E-state index in [-0.39, 0.29) is 5.92 Å². The van der Waals surface area contributed by atoms with Gasteiger partial charge in [0.25, 0.3) is 0 Å². The van der Waals surface area contributed by atoms with E-state index in [4.69, 9.17) is 9.47 Å². The van der Waals surface area contributed by atoms with Crippen LogP contribution in [-0.2, 0) is 14.3 Å². The summed E-state index contributed by atoms with van der Waals surface area (Å²) in [4.78, 5) is 12.0. The highest BCUT2D eigenvalue weighted by atomic mass is 16.7. The Balaban J connectivity index is 1.86. The van der Waals surface area contributed by atoms with Gasteiger partial charge in [0.15, 0.2) is 0 Å². The number of rotatable bonds is 4. The van der Waals surface area contributed by atoms with E-state index in [1.54, 1.807) is 7.11 Å². The molecular formula is C12H20O3. The predicted octanol–water partition coefficient (Wildman–Crippen LogP) is 2.00. The minimum Gasteiger partial charge on any atom is -0.359 e. The van der Waals surface area contributed by atoms with Gasteiger partial charge in [-0.15, -0.1) is 0 Å². The first-order chi connectivity index (χ1) is 7.31. The Labute approximate surface area is 91.1 Å². The lowest BCUT2D eigenvalue weighted by Gasteiger charge is -2.37. The molecule has 0 heterocycles. The van der Waals surface area contributed by atoms with Gasteiger partial charge in [0.2, 0.25) is 0 Å². The quantitative estimate of drug-likeness (QED) is 0.528. The van der Waals surface area contributed by atoms with Crippen molar-refractivity contribution in [2.45, 2.75) is 32.1 Å². The summed E-state index contributed by atoms with van der Waals surface area (Å²) >= 11 is 0. The number of hydrogen-bond donors (Lipinski definition) is 0. The van der Waals surface area contributed by atoms with E-state index in [1.165, 1.54) is 12.8 Å². The van der Waals surface area contributed by atoms with Gasteiger partial charge in [0.1, 0.15) is 12.6 Å². The topological polar surface area (TPSA) is 35.5 Å². The number of fused-ring (bicyclic) bond motifs is 2. The average Bonchev–Trinajstić information content (AvgIpc) is 2.26. The fraction of sp³-hybridized carbons (Fsp3) is 0.917. The van der Waals surface area contributed by atoms with Crippen LogP contribution in [0, 0.1) is 17.8 Å². The zero-order valence-corrected chi connectivity index (χ0v) is 9.41. The standard InChI is InChI=1S/C12H20O3/c1-14-8-15-7-11-6-9-3-2-4-10(5-9)12(11)13/h9-11H,2-8H2,1H3. The number of methoxy groups -OCH3 is 1. The van der Waals surface area contributed by atoms with E-state index in [0.29, 0.717) is 25.1 Å². The van der Waals surface area contributed by atoms with Crippen LogP contribution in [0.1, 0.15) is 32.1 Å². The highest BCUT2D eigenvalue weighted by Crippen LogP contribution is 2.40. The minimum absolute atomic E-state index is 0.143. The fourth-order valence-electron chi connectivity index (χ4n) is 3.04. The third-order valence-electron chi connectivity index (χ3n) is 3.73. The van der Waals surface area contributed by atoms with Crippen molar-refractivity contribution in [3.63, 3.8) is 0 Å². The molecule has 0 radical (unpaired) electrons. The summed E-state index contributed by atoms with van der Waals surface area (Å²) in [6.07, 6.45) is 5.84. The number of hydrogen-bond acceptors (Lipinski definition) is 3. The lowest BCUT2D eigenvalue weighted by atomic mass is 9.67. The Kier molecular flexibility index (Phi) is 3.76. The zero-order chi connectivity index (χ0) is 10.7. The Morgan fingerprint density at radius 1 is 1.33 bits per heavy atom. The first kappa shape index (κ1) is 11.1. The van der Waals surface area contributed by atoms with Gasteiger partial charge in [-0.2, -0.15) is 0 Å². The molecule has 3 atom stereocenters. The molecule has 0 spiro atoms. The van der Waals surface area contributed by atoms with Crippen LogP contribution in [0.2, 0.25) is 0 Å². The molecule has 15 heavy (non-hydrogen) atoms. The van der Waals surface area contributed by atoms with Crippen molar-refractivity contribution >= 4 is 5.78 Å². The maximum atomic E-state index is 12.0. The fourth-order valence-corrected chi connectivity index (χ4v) is 3.04. The molecule has 2 saturated carbocycles. The predicted molar refractivity (Wildman–Crippen MR) is 56.4 cm³/mol. The molecule has 0 N–H and O–H groups in total. The molecule has 2 fully saturated rings. The Morgan fingerprint density at radius 2 is 2.20 bits per heavy atom. The van der Waals surface area contributed by atoms with Crippen molar-refractivity contribution in [3.05, 3.63) is 0 Å². The highest BCUT2D eigenvalue weighted by Gasteiger charge is 2.38. The molecule has 0 aromatic heterocycles. The van der Waals surface area contributed by atoms with Gasteiger partial charge in [0, 0.05) is 18.9 Å². The van der Waals surface area contributed by atoms with Gasteiger partial charge < -0.3 is 9.47 Å². The van der Waals surface area contributed by atoms with Crippen LogP contribution in [0.5, 0.6) is 0 Å². The van der Waals surface area contributed by atoms with Crippen LogP contribution >= 0.6 is 0 Å². The zero-order valence-electron chi connectivity index (χ0n) is 9.41. The molecule has 0 amide bonds. The van der Waals surface area contributed by atoms with Crippen molar-refractivity contribution < 1.29 is 14.3 Å². The van der Waals surface area contributed by atoms with Gasteiger partial charge in [-0.25, -0.2) is 0 Å². The maximum Gasteiger partial charge on any atom is 0.146 e. The number of carbonyl (C=O) groups is 1. The van der Waals surface area contributed by atoms with E-state index in [9.17, 15) is 4.79 Å². The highest BCUT2D eigenvalue weighted by molar-refractivity contribution is 5.84. The molecule has 2 rings (SSSR count). The molecule has 86 valence electrons. The summed E-state index contributed by atoms with van der Waals surface area (Å²) in [7, 11) is 1.61. The summed E-state index contributed by atoms with van der Waals surface area (Å²) < 4.78 is 10.1. The summed E-state index contributed by atoms with van der Waals surface area (Å²) in [6.45, 7) is 0.860. The number of carbonyl (C=O) groups excluding carboxylic acids is 1. The smallest absolute Gasteiger partial charge is 0.146 e. The van der Waals surface area contributed by atoms with Gasteiger partial charge >= 0.3 is 0 Å². The third-order valence-corrected chi connectivity index (χ3v) is 3.73. The molecule has 3 nitrogen and oxygen atoms in total. The molecule has 3 unspecified atom stereocenters. The van der Waals surface area contributed by atoms with Crippen LogP contribution in [0.25, 0.3) is 0 Å². The second kappa shape index (κ2) is 5.08. The Hall–Kier alpha value is -0.410. The molecule has 3 heteroatoms. The van der Waals surface area contributed by atoms with Crippen molar-refractivity contribution in [2.24, 2.45) is 17.8 Å². The third kappa shape index (κ3) is 2.58. The number of Topliss-reactive ketones (excluding diaryl/α,β-unsaturated/α-hetero) is 1. The largest absolute Gasteiger partial charge is 0.359 e. The number of ketones is 1. The monoisotopic (exact) mass is 212 g/mol. The van der Waals surface area contributed by atoms with Crippen LogP contribution in [0.3, 0.4) is 0 Å².